The summed E-state index contributed by atoms with van der Waals surface area (Å²) in [5.74, 6) is -1.30. The van der Waals surface area contributed by atoms with Gasteiger partial charge in [0, 0.05) is 18.8 Å². The molecule has 2 rings (SSSR count). The SMILES string of the molecule is Cn1cc(C(Nc2ccc(C(F)(F)F)nn2)C(=O)O)cn1. The molecule has 2 N–H and O–H groups in total. The minimum Gasteiger partial charge on any atom is -0.479 e. The van der Waals surface area contributed by atoms with Crippen LogP contribution in [0.15, 0.2) is 24.5 Å². The third kappa shape index (κ3) is 3.46. The maximum Gasteiger partial charge on any atom is 0.435 e. The lowest BCUT2D eigenvalue weighted by Crippen LogP contribution is -2.21. The van der Waals surface area contributed by atoms with Gasteiger partial charge >= 0.3 is 12.1 Å². The van der Waals surface area contributed by atoms with Crippen molar-refractivity contribution in [3.05, 3.63) is 35.8 Å². The maximum absolute atomic E-state index is 12.3. The zero-order valence-corrected chi connectivity index (χ0v) is 10.7. The van der Waals surface area contributed by atoms with Crippen molar-refractivity contribution in [2.75, 3.05) is 5.32 Å². The van der Waals surface area contributed by atoms with E-state index in [0.717, 1.165) is 12.1 Å². The van der Waals surface area contributed by atoms with E-state index in [1.54, 1.807) is 7.05 Å². The molecule has 0 spiro atoms. The Kier molecular flexibility index (Phi) is 3.78. The Balaban J connectivity index is 2.20. The van der Waals surface area contributed by atoms with Crippen LogP contribution in [0.5, 0.6) is 0 Å². The van der Waals surface area contributed by atoms with Crippen LogP contribution in [0.4, 0.5) is 19.0 Å². The van der Waals surface area contributed by atoms with Crippen molar-refractivity contribution in [3.63, 3.8) is 0 Å². The third-order valence-electron chi connectivity index (χ3n) is 2.55. The van der Waals surface area contributed by atoms with Gasteiger partial charge in [-0.2, -0.15) is 18.3 Å². The number of aromatic nitrogens is 4. The minimum atomic E-state index is -4.60. The number of carbonyl (C=O) groups is 1. The summed E-state index contributed by atoms with van der Waals surface area (Å²) in [6, 6.07) is 0.546. The van der Waals surface area contributed by atoms with Gasteiger partial charge in [-0.15, -0.1) is 10.2 Å². The monoisotopic (exact) mass is 301 g/mol. The topological polar surface area (TPSA) is 92.9 Å². The van der Waals surface area contributed by atoms with Gasteiger partial charge < -0.3 is 10.4 Å². The number of hydrogen-bond donors (Lipinski definition) is 2. The molecule has 0 fully saturated rings. The highest BCUT2D eigenvalue weighted by Gasteiger charge is 2.33. The van der Waals surface area contributed by atoms with Crippen molar-refractivity contribution < 1.29 is 23.1 Å². The van der Waals surface area contributed by atoms with E-state index in [0.29, 0.717) is 5.56 Å². The first-order valence-corrected chi connectivity index (χ1v) is 5.66. The van der Waals surface area contributed by atoms with E-state index in [1.807, 2.05) is 0 Å². The predicted molar refractivity (Wildman–Crippen MR) is 64.2 cm³/mol. The molecule has 0 bridgehead atoms. The van der Waals surface area contributed by atoms with Crippen molar-refractivity contribution >= 4 is 11.8 Å². The second-order valence-corrected chi connectivity index (χ2v) is 4.16. The summed E-state index contributed by atoms with van der Waals surface area (Å²) < 4.78 is 38.5. The van der Waals surface area contributed by atoms with Crippen molar-refractivity contribution in [1.29, 1.82) is 0 Å². The number of halogens is 3. The van der Waals surface area contributed by atoms with Crippen LogP contribution in [0.3, 0.4) is 0 Å². The number of aliphatic carboxylic acids is 1. The second-order valence-electron chi connectivity index (χ2n) is 4.16. The molecule has 2 aromatic rings. The molecule has 1 atom stereocenters. The van der Waals surface area contributed by atoms with Crippen LogP contribution in [0.25, 0.3) is 0 Å². The van der Waals surface area contributed by atoms with Gasteiger partial charge in [-0.3, -0.25) is 4.68 Å². The van der Waals surface area contributed by atoms with E-state index in [9.17, 15) is 18.0 Å². The highest BCUT2D eigenvalue weighted by molar-refractivity contribution is 5.78. The highest BCUT2D eigenvalue weighted by atomic mass is 19.4. The Morgan fingerprint density at radius 2 is 2.10 bits per heavy atom. The predicted octanol–water partition coefficient (Wildman–Crippen LogP) is 1.47. The molecule has 0 radical (unpaired) electrons. The molecule has 10 heteroatoms. The van der Waals surface area contributed by atoms with E-state index < -0.39 is 23.9 Å². The second kappa shape index (κ2) is 5.38. The smallest absolute Gasteiger partial charge is 0.435 e. The number of rotatable bonds is 4. The normalized spacial score (nSPS) is 13.0. The van der Waals surface area contributed by atoms with Crippen LogP contribution in [-0.4, -0.2) is 31.1 Å². The van der Waals surface area contributed by atoms with Crippen LogP contribution in [0.2, 0.25) is 0 Å². The van der Waals surface area contributed by atoms with E-state index in [2.05, 4.69) is 20.6 Å². The molecule has 112 valence electrons. The van der Waals surface area contributed by atoms with Gasteiger partial charge in [-0.25, -0.2) is 4.79 Å². The Bertz CT molecular complexity index is 638. The van der Waals surface area contributed by atoms with Crippen LogP contribution in [0.1, 0.15) is 17.3 Å². The molecule has 0 aromatic carbocycles. The first-order chi connectivity index (χ1) is 9.77. The Morgan fingerprint density at radius 3 is 2.52 bits per heavy atom. The van der Waals surface area contributed by atoms with Crippen LogP contribution in [-0.2, 0) is 18.0 Å². The molecule has 0 saturated heterocycles. The van der Waals surface area contributed by atoms with Gasteiger partial charge in [0.25, 0.3) is 0 Å². The van der Waals surface area contributed by atoms with Gasteiger partial charge in [0.05, 0.1) is 6.20 Å². The number of nitrogens with one attached hydrogen (secondary N) is 1. The number of hydrogen-bond acceptors (Lipinski definition) is 5. The van der Waals surface area contributed by atoms with Gasteiger partial charge in [0.15, 0.2) is 11.7 Å². The Morgan fingerprint density at radius 1 is 1.38 bits per heavy atom. The molecule has 21 heavy (non-hydrogen) atoms. The molecule has 0 aliphatic carbocycles. The number of aryl methyl sites for hydroxylation is 1. The quantitative estimate of drug-likeness (QED) is 0.888. The summed E-state index contributed by atoms with van der Waals surface area (Å²) >= 11 is 0. The summed E-state index contributed by atoms with van der Waals surface area (Å²) in [5, 5.41) is 21.8. The molecule has 0 saturated carbocycles. The lowest BCUT2D eigenvalue weighted by molar-refractivity contribution is -0.142. The standard InChI is InChI=1S/C11H10F3N5O2/c1-19-5-6(4-15-19)9(10(20)21)16-8-3-2-7(17-18-8)11(12,13)14/h2-5,9H,1H3,(H,16,18)(H,20,21). The minimum absolute atomic E-state index is 0.0840. The van der Waals surface area contributed by atoms with Crippen LogP contribution < -0.4 is 5.32 Å². The summed E-state index contributed by atoms with van der Waals surface area (Å²) in [6.45, 7) is 0. The molecule has 0 aliphatic rings. The molecule has 1 unspecified atom stereocenters. The summed E-state index contributed by atoms with van der Waals surface area (Å²) in [6.07, 6.45) is -1.78. The number of nitrogens with zero attached hydrogens (tertiary/aromatic N) is 4. The van der Waals surface area contributed by atoms with E-state index in [4.69, 9.17) is 5.11 Å². The number of anilines is 1. The van der Waals surface area contributed by atoms with Crippen molar-refractivity contribution in [2.45, 2.75) is 12.2 Å². The zero-order chi connectivity index (χ0) is 15.6. The Hall–Kier alpha value is -2.65. The fourth-order valence-electron chi connectivity index (χ4n) is 1.59. The van der Waals surface area contributed by atoms with Crippen LogP contribution >= 0.6 is 0 Å². The summed E-state index contributed by atoms with van der Waals surface area (Å²) in [4.78, 5) is 11.2. The summed E-state index contributed by atoms with van der Waals surface area (Å²) in [7, 11) is 1.61. The van der Waals surface area contributed by atoms with E-state index in [1.165, 1.54) is 17.1 Å². The highest BCUT2D eigenvalue weighted by Crippen LogP contribution is 2.27. The fourth-order valence-corrected chi connectivity index (χ4v) is 1.59. The van der Waals surface area contributed by atoms with Gasteiger partial charge in [0.2, 0.25) is 0 Å². The number of carboxylic acids is 1. The lowest BCUT2D eigenvalue weighted by atomic mass is 10.1. The average Bonchev–Trinajstić information content (AvgIpc) is 2.81. The van der Waals surface area contributed by atoms with Crippen molar-refractivity contribution in [3.8, 4) is 0 Å². The van der Waals surface area contributed by atoms with E-state index in [-0.39, 0.29) is 5.82 Å². The molecule has 0 amide bonds. The molecule has 2 aromatic heterocycles. The summed E-state index contributed by atoms with van der Waals surface area (Å²) in [5.41, 5.74) is -0.812. The number of alkyl halides is 3. The Labute approximate surface area is 116 Å². The van der Waals surface area contributed by atoms with Crippen molar-refractivity contribution in [1.82, 2.24) is 20.0 Å². The van der Waals surface area contributed by atoms with E-state index >= 15 is 0 Å². The van der Waals surface area contributed by atoms with Gasteiger partial charge in [-0.05, 0) is 12.1 Å². The third-order valence-corrected chi connectivity index (χ3v) is 2.55. The van der Waals surface area contributed by atoms with Crippen LogP contribution in [0, 0.1) is 0 Å². The fraction of sp³-hybridized carbons (Fsp3) is 0.273. The lowest BCUT2D eigenvalue weighted by Gasteiger charge is -2.13. The first kappa shape index (κ1) is 14.8. The largest absolute Gasteiger partial charge is 0.479 e. The van der Waals surface area contributed by atoms with Crippen molar-refractivity contribution in [2.24, 2.45) is 7.05 Å². The first-order valence-electron chi connectivity index (χ1n) is 5.66. The average molecular weight is 301 g/mol. The van der Waals surface area contributed by atoms with Gasteiger partial charge in [0.1, 0.15) is 5.82 Å². The maximum atomic E-state index is 12.3. The molecule has 7 nitrogen and oxygen atoms in total. The molecule has 0 aliphatic heterocycles. The molecular weight excluding hydrogens is 291 g/mol. The molecular formula is C11H10F3N5O2. The van der Waals surface area contributed by atoms with Gasteiger partial charge in [-0.1, -0.05) is 0 Å². The molecule has 2 heterocycles. The number of carboxylic acid groups (broad SMARTS) is 1. The zero-order valence-electron chi connectivity index (χ0n) is 10.7.